The molecular formula is C68H120O6. The van der Waals surface area contributed by atoms with Gasteiger partial charge in [0.25, 0.3) is 0 Å². The zero-order chi connectivity index (χ0) is 53.6. The van der Waals surface area contributed by atoms with Gasteiger partial charge in [-0.25, -0.2) is 0 Å². The molecule has 0 radical (unpaired) electrons. The van der Waals surface area contributed by atoms with Crippen LogP contribution in [0.4, 0.5) is 0 Å². The number of hydrogen-bond donors (Lipinski definition) is 0. The number of unbranched alkanes of at least 4 members (excludes halogenated alkanes) is 35. The molecule has 0 rings (SSSR count). The molecule has 0 aliphatic carbocycles. The normalized spacial score (nSPS) is 12.5. The lowest BCUT2D eigenvalue weighted by Crippen LogP contribution is -2.30. The molecule has 0 amide bonds. The maximum atomic E-state index is 12.9. The van der Waals surface area contributed by atoms with Crippen molar-refractivity contribution in [3.8, 4) is 0 Å². The third-order valence-electron chi connectivity index (χ3n) is 13.9. The van der Waals surface area contributed by atoms with Gasteiger partial charge in [-0.1, -0.05) is 286 Å². The van der Waals surface area contributed by atoms with E-state index in [1.54, 1.807) is 0 Å². The molecule has 428 valence electrons. The smallest absolute Gasteiger partial charge is 0.306 e. The first-order chi connectivity index (χ1) is 36.5. The SMILES string of the molecule is CC/C=C\C/C=C\C/C=C\CCCCCCCCCC(=O)OC(COC(=O)CCCCCCCCCC/C=C\C/C=C\C/C=C\CCCCCCC)COC(=O)CCCCCCCCCCCCCCCCCC. The topological polar surface area (TPSA) is 78.9 Å². The first-order valence-electron chi connectivity index (χ1n) is 31.9. The van der Waals surface area contributed by atoms with Crippen LogP contribution >= 0.6 is 0 Å². The van der Waals surface area contributed by atoms with Crippen LogP contribution in [0.3, 0.4) is 0 Å². The maximum absolute atomic E-state index is 12.9. The third-order valence-corrected chi connectivity index (χ3v) is 13.9. The number of hydrogen-bond acceptors (Lipinski definition) is 6. The van der Waals surface area contributed by atoms with Crippen molar-refractivity contribution in [2.24, 2.45) is 0 Å². The second-order valence-corrected chi connectivity index (χ2v) is 21.3. The van der Waals surface area contributed by atoms with Gasteiger partial charge in [0.1, 0.15) is 13.2 Å². The van der Waals surface area contributed by atoms with E-state index in [-0.39, 0.29) is 31.1 Å². The van der Waals surface area contributed by atoms with Crippen LogP contribution in [-0.2, 0) is 28.6 Å². The van der Waals surface area contributed by atoms with Crippen molar-refractivity contribution in [3.63, 3.8) is 0 Å². The van der Waals surface area contributed by atoms with Crippen LogP contribution in [0, 0.1) is 0 Å². The Bertz CT molecular complexity index is 1370. The fourth-order valence-corrected chi connectivity index (χ4v) is 9.17. The molecule has 0 bridgehead atoms. The average Bonchev–Trinajstić information content (AvgIpc) is 3.40. The molecule has 0 aromatic heterocycles. The first-order valence-corrected chi connectivity index (χ1v) is 31.9. The summed E-state index contributed by atoms with van der Waals surface area (Å²) >= 11 is 0. The largest absolute Gasteiger partial charge is 0.462 e. The minimum Gasteiger partial charge on any atom is -0.462 e. The lowest BCUT2D eigenvalue weighted by Gasteiger charge is -2.18. The molecule has 0 heterocycles. The Balaban J connectivity index is 4.36. The molecule has 0 saturated carbocycles. The lowest BCUT2D eigenvalue weighted by atomic mass is 10.0. The van der Waals surface area contributed by atoms with E-state index in [2.05, 4.69) is 93.7 Å². The van der Waals surface area contributed by atoms with Gasteiger partial charge >= 0.3 is 17.9 Å². The summed E-state index contributed by atoms with van der Waals surface area (Å²) in [6.45, 7) is 6.55. The first kappa shape index (κ1) is 70.8. The number of allylic oxidation sites excluding steroid dienone is 12. The standard InChI is InChI=1S/C68H120O6/c1-4-7-10-13-16-19-22-25-28-31-32-33-34-35-36-38-40-43-46-49-52-55-58-61-67(70)73-64-65(63-72-66(69)60-57-54-51-48-45-42-39-30-27-24-21-18-15-12-9-6-3)74-68(71)62-59-56-53-50-47-44-41-37-29-26-23-20-17-14-11-8-5-2/h8,11,17,20,22,25-26,29,31-32,34-35,65H,4-7,9-10,12-16,18-19,21,23-24,27-28,30,33,36-64H2,1-3H3/b11-8-,20-17-,25-22-,29-26-,32-31-,35-34-. The Morgan fingerprint density at radius 3 is 0.824 bits per heavy atom. The van der Waals surface area contributed by atoms with Crippen molar-refractivity contribution in [2.45, 2.75) is 329 Å². The van der Waals surface area contributed by atoms with Gasteiger partial charge in [-0.3, -0.25) is 14.4 Å². The van der Waals surface area contributed by atoms with Crippen molar-refractivity contribution in [1.82, 2.24) is 0 Å². The summed E-state index contributed by atoms with van der Waals surface area (Å²) in [5.74, 6) is -0.881. The van der Waals surface area contributed by atoms with Crippen molar-refractivity contribution < 1.29 is 28.6 Å². The minimum atomic E-state index is -0.784. The summed E-state index contributed by atoms with van der Waals surface area (Å²) in [5, 5.41) is 0. The molecule has 0 aliphatic heterocycles. The van der Waals surface area contributed by atoms with Crippen LogP contribution in [0.25, 0.3) is 0 Å². The van der Waals surface area contributed by atoms with Gasteiger partial charge < -0.3 is 14.2 Å². The van der Waals surface area contributed by atoms with Crippen LogP contribution < -0.4 is 0 Å². The number of esters is 3. The lowest BCUT2D eigenvalue weighted by molar-refractivity contribution is -0.167. The Kier molecular flexibility index (Phi) is 59.7. The highest BCUT2D eigenvalue weighted by atomic mass is 16.6. The van der Waals surface area contributed by atoms with E-state index in [0.717, 1.165) is 103 Å². The molecule has 0 aliphatic rings. The van der Waals surface area contributed by atoms with E-state index >= 15 is 0 Å². The van der Waals surface area contributed by atoms with E-state index < -0.39 is 6.10 Å². The van der Waals surface area contributed by atoms with Crippen LogP contribution in [-0.4, -0.2) is 37.2 Å². The number of ether oxygens (including phenoxy) is 3. The van der Waals surface area contributed by atoms with Crippen molar-refractivity contribution in [3.05, 3.63) is 72.9 Å². The quantitative estimate of drug-likeness (QED) is 0.0261. The van der Waals surface area contributed by atoms with Crippen molar-refractivity contribution in [2.75, 3.05) is 13.2 Å². The second kappa shape index (κ2) is 62.4. The van der Waals surface area contributed by atoms with E-state index in [1.165, 1.54) is 180 Å². The maximum Gasteiger partial charge on any atom is 0.306 e. The van der Waals surface area contributed by atoms with Crippen LogP contribution in [0.15, 0.2) is 72.9 Å². The summed E-state index contributed by atoms with van der Waals surface area (Å²) in [6.07, 6.45) is 80.4. The second-order valence-electron chi connectivity index (χ2n) is 21.3. The summed E-state index contributed by atoms with van der Waals surface area (Å²) in [7, 11) is 0. The fourth-order valence-electron chi connectivity index (χ4n) is 9.17. The van der Waals surface area contributed by atoms with Gasteiger partial charge in [0.15, 0.2) is 6.10 Å². The van der Waals surface area contributed by atoms with E-state index in [0.29, 0.717) is 19.3 Å². The van der Waals surface area contributed by atoms with Gasteiger partial charge in [-0.05, 0) is 89.9 Å². The van der Waals surface area contributed by atoms with Crippen molar-refractivity contribution in [1.29, 1.82) is 0 Å². The van der Waals surface area contributed by atoms with Crippen LogP contribution in [0.2, 0.25) is 0 Å². The number of carbonyl (C=O) groups is 3. The highest BCUT2D eigenvalue weighted by molar-refractivity contribution is 5.71. The summed E-state index contributed by atoms with van der Waals surface area (Å²) in [6, 6.07) is 0. The van der Waals surface area contributed by atoms with E-state index in [1.807, 2.05) is 0 Å². The molecule has 6 heteroatoms. The molecule has 0 aromatic rings. The van der Waals surface area contributed by atoms with Gasteiger partial charge in [-0.15, -0.1) is 0 Å². The Hall–Kier alpha value is -3.15. The zero-order valence-electron chi connectivity index (χ0n) is 49.1. The summed E-state index contributed by atoms with van der Waals surface area (Å²) < 4.78 is 16.9. The highest BCUT2D eigenvalue weighted by Crippen LogP contribution is 2.17. The molecule has 0 N–H and O–H groups in total. The minimum absolute atomic E-state index is 0.0790. The number of rotatable bonds is 58. The molecule has 0 aromatic carbocycles. The summed E-state index contributed by atoms with van der Waals surface area (Å²) in [5.41, 5.74) is 0. The molecule has 6 nitrogen and oxygen atoms in total. The monoisotopic (exact) mass is 1030 g/mol. The van der Waals surface area contributed by atoms with Gasteiger partial charge in [0, 0.05) is 19.3 Å². The number of carbonyl (C=O) groups excluding carboxylic acids is 3. The summed E-state index contributed by atoms with van der Waals surface area (Å²) in [4.78, 5) is 38.3. The Labute approximate surface area is 459 Å². The zero-order valence-corrected chi connectivity index (χ0v) is 49.1. The van der Waals surface area contributed by atoms with E-state index in [4.69, 9.17) is 14.2 Å². The van der Waals surface area contributed by atoms with E-state index in [9.17, 15) is 14.4 Å². The molecule has 74 heavy (non-hydrogen) atoms. The molecule has 0 saturated heterocycles. The Morgan fingerprint density at radius 2 is 0.527 bits per heavy atom. The predicted molar refractivity (Wildman–Crippen MR) is 321 cm³/mol. The van der Waals surface area contributed by atoms with Crippen LogP contribution in [0.5, 0.6) is 0 Å². The molecule has 1 atom stereocenters. The molecular weight excluding hydrogens is 913 g/mol. The van der Waals surface area contributed by atoms with Gasteiger partial charge in [0.2, 0.25) is 0 Å². The van der Waals surface area contributed by atoms with Gasteiger partial charge in [0.05, 0.1) is 0 Å². The molecule has 0 spiro atoms. The third kappa shape index (κ3) is 59.7. The molecule has 1 unspecified atom stereocenters. The fraction of sp³-hybridized carbons (Fsp3) is 0.779. The average molecular weight is 1030 g/mol. The van der Waals surface area contributed by atoms with Crippen molar-refractivity contribution >= 4 is 17.9 Å². The van der Waals surface area contributed by atoms with Gasteiger partial charge in [-0.2, -0.15) is 0 Å². The Morgan fingerprint density at radius 1 is 0.284 bits per heavy atom. The molecule has 0 fully saturated rings. The highest BCUT2D eigenvalue weighted by Gasteiger charge is 2.19. The predicted octanol–water partition coefficient (Wildman–Crippen LogP) is 21.7. The van der Waals surface area contributed by atoms with Crippen LogP contribution in [0.1, 0.15) is 323 Å².